The Labute approximate surface area is 195 Å². The molecule has 1 N–H and O–H groups in total. The number of aryl methyl sites for hydroxylation is 1. The molecule has 0 saturated heterocycles. The van der Waals surface area contributed by atoms with Crippen LogP contribution in [0.25, 0.3) is 10.9 Å². The molecule has 0 bridgehead atoms. The predicted molar refractivity (Wildman–Crippen MR) is 133 cm³/mol. The maximum atomic E-state index is 12.6. The van der Waals surface area contributed by atoms with Gasteiger partial charge in [0.05, 0.1) is 18.3 Å². The van der Waals surface area contributed by atoms with Crippen molar-refractivity contribution >= 4 is 34.0 Å². The number of para-hydroxylation sites is 1. The number of nitrogens with one attached hydrogen (secondary N) is 1. The topological polar surface area (TPSA) is 70.6 Å². The van der Waals surface area contributed by atoms with E-state index in [-0.39, 0.29) is 5.91 Å². The molecule has 2 aromatic carbocycles. The predicted octanol–water partition coefficient (Wildman–Crippen LogP) is 4.56. The van der Waals surface area contributed by atoms with Gasteiger partial charge in [-0.3, -0.25) is 4.79 Å². The van der Waals surface area contributed by atoms with E-state index in [2.05, 4.69) is 63.2 Å². The Morgan fingerprint density at radius 1 is 1.21 bits per heavy atom. The molecule has 4 rings (SSSR count). The Bertz CT molecular complexity index is 1160. The summed E-state index contributed by atoms with van der Waals surface area (Å²) in [5, 5.41) is 3.84. The van der Waals surface area contributed by atoms with E-state index in [1.165, 1.54) is 11.3 Å². The highest BCUT2D eigenvalue weighted by Gasteiger charge is 2.22. The molecular formula is C26H31N5O2. The van der Waals surface area contributed by atoms with Gasteiger partial charge in [0.2, 0.25) is 5.91 Å². The average molecular weight is 446 g/mol. The largest absolute Gasteiger partial charge is 0.494 e. The van der Waals surface area contributed by atoms with Gasteiger partial charge in [0.15, 0.2) is 0 Å². The molecule has 0 radical (unpaired) electrons. The molecule has 1 aromatic heterocycles. The van der Waals surface area contributed by atoms with Gasteiger partial charge in [-0.15, -0.1) is 0 Å². The molecule has 1 aliphatic heterocycles. The SMILES string of the molecule is CCN(CC)C/C=C/C(=O)Nc1cc2c(N3CCCc4ccccc43)ncnc2cc1OC. The van der Waals surface area contributed by atoms with E-state index >= 15 is 0 Å². The average Bonchev–Trinajstić information content (AvgIpc) is 2.85. The number of nitrogens with zero attached hydrogens (tertiary/aromatic N) is 4. The zero-order valence-electron chi connectivity index (χ0n) is 19.5. The number of anilines is 3. The summed E-state index contributed by atoms with van der Waals surface area (Å²) in [4.78, 5) is 26.2. The second kappa shape index (κ2) is 10.4. The third-order valence-electron chi connectivity index (χ3n) is 6.09. The van der Waals surface area contributed by atoms with Crippen LogP contribution >= 0.6 is 0 Å². The number of amides is 1. The maximum absolute atomic E-state index is 12.6. The summed E-state index contributed by atoms with van der Waals surface area (Å²) in [5.74, 6) is 1.21. The number of rotatable bonds is 8. The molecule has 0 aliphatic carbocycles. The summed E-state index contributed by atoms with van der Waals surface area (Å²) in [6, 6.07) is 12.2. The van der Waals surface area contributed by atoms with Crippen LogP contribution < -0.4 is 15.0 Å². The lowest BCUT2D eigenvalue weighted by Gasteiger charge is -2.31. The lowest BCUT2D eigenvalue weighted by molar-refractivity contribution is -0.111. The van der Waals surface area contributed by atoms with Crippen LogP contribution in [0.15, 0.2) is 54.9 Å². The van der Waals surface area contributed by atoms with Crippen LogP contribution in [0, 0.1) is 0 Å². The molecule has 33 heavy (non-hydrogen) atoms. The highest BCUT2D eigenvalue weighted by Crippen LogP contribution is 2.38. The molecule has 0 atom stereocenters. The van der Waals surface area contributed by atoms with Crippen molar-refractivity contribution < 1.29 is 9.53 Å². The quantitative estimate of drug-likeness (QED) is 0.513. The summed E-state index contributed by atoms with van der Waals surface area (Å²) in [5.41, 5.74) is 3.86. The Morgan fingerprint density at radius 2 is 2.03 bits per heavy atom. The second-order valence-electron chi connectivity index (χ2n) is 8.03. The van der Waals surface area contributed by atoms with Gasteiger partial charge >= 0.3 is 0 Å². The van der Waals surface area contributed by atoms with Crippen LogP contribution in [0.2, 0.25) is 0 Å². The number of fused-ring (bicyclic) bond motifs is 2. The fraction of sp³-hybridized carbons (Fsp3) is 0.346. The molecule has 1 amide bonds. The molecule has 7 heteroatoms. The van der Waals surface area contributed by atoms with E-state index in [0.717, 1.165) is 55.7 Å². The first-order valence-electron chi connectivity index (χ1n) is 11.5. The summed E-state index contributed by atoms with van der Waals surface area (Å²) in [6.45, 7) is 7.73. The van der Waals surface area contributed by atoms with Gasteiger partial charge in [-0.05, 0) is 43.6 Å². The highest BCUT2D eigenvalue weighted by molar-refractivity contribution is 6.03. The first-order valence-corrected chi connectivity index (χ1v) is 11.5. The van der Waals surface area contributed by atoms with Crippen molar-refractivity contribution in [3.05, 3.63) is 60.4 Å². The molecule has 3 aromatic rings. The second-order valence-corrected chi connectivity index (χ2v) is 8.03. The van der Waals surface area contributed by atoms with Gasteiger partial charge in [0.1, 0.15) is 17.9 Å². The molecule has 1 aliphatic rings. The van der Waals surface area contributed by atoms with Crippen LogP contribution in [-0.4, -0.2) is 54.1 Å². The van der Waals surface area contributed by atoms with Gasteiger partial charge < -0.3 is 19.9 Å². The molecule has 0 spiro atoms. The maximum Gasteiger partial charge on any atom is 0.248 e. The minimum absolute atomic E-state index is 0.193. The van der Waals surface area contributed by atoms with Crippen LogP contribution in [-0.2, 0) is 11.2 Å². The monoisotopic (exact) mass is 445 g/mol. The first kappa shape index (κ1) is 22.7. The number of methoxy groups -OCH3 is 1. The van der Waals surface area contributed by atoms with Gasteiger partial charge in [-0.2, -0.15) is 0 Å². The fourth-order valence-corrected chi connectivity index (χ4v) is 4.27. The van der Waals surface area contributed by atoms with Crippen LogP contribution in [0.4, 0.5) is 17.2 Å². The van der Waals surface area contributed by atoms with Gasteiger partial charge in [-0.1, -0.05) is 38.1 Å². The van der Waals surface area contributed by atoms with E-state index in [9.17, 15) is 4.79 Å². The van der Waals surface area contributed by atoms with Crippen molar-refractivity contribution in [2.75, 3.05) is 43.5 Å². The third-order valence-corrected chi connectivity index (χ3v) is 6.09. The fourth-order valence-electron chi connectivity index (χ4n) is 4.27. The van der Waals surface area contributed by atoms with Crippen LogP contribution in [0.1, 0.15) is 25.8 Å². The lowest BCUT2D eigenvalue weighted by Crippen LogP contribution is -2.25. The molecule has 2 heterocycles. The third kappa shape index (κ3) is 4.98. The van der Waals surface area contributed by atoms with Gasteiger partial charge in [0.25, 0.3) is 0 Å². The first-order chi connectivity index (χ1) is 16.1. The molecule has 0 saturated carbocycles. The van der Waals surface area contributed by atoms with Crippen molar-refractivity contribution in [1.29, 1.82) is 0 Å². The smallest absolute Gasteiger partial charge is 0.248 e. The molecule has 0 fully saturated rings. The van der Waals surface area contributed by atoms with Gasteiger partial charge in [0, 0.05) is 36.3 Å². The number of likely N-dealkylation sites (N-methyl/N-ethyl adjacent to an activating group) is 1. The summed E-state index contributed by atoms with van der Waals surface area (Å²) in [7, 11) is 1.59. The normalized spacial score (nSPS) is 13.5. The number of hydrogen-bond donors (Lipinski definition) is 1. The van der Waals surface area contributed by atoms with Crippen molar-refractivity contribution in [3.8, 4) is 5.75 Å². The Kier molecular flexibility index (Phi) is 7.19. The minimum atomic E-state index is -0.193. The number of ether oxygens (including phenoxy) is 1. The Balaban J connectivity index is 1.67. The summed E-state index contributed by atoms with van der Waals surface area (Å²) in [6.07, 6.45) is 7.16. The molecular weight excluding hydrogens is 414 g/mol. The number of aromatic nitrogens is 2. The van der Waals surface area contributed by atoms with E-state index in [4.69, 9.17) is 4.74 Å². The molecule has 172 valence electrons. The summed E-state index contributed by atoms with van der Waals surface area (Å²) < 4.78 is 5.55. The van der Waals surface area contributed by atoms with Crippen LogP contribution in [0.3, 0.4) is 0 Å². The number of hydrogen-bond acceptors (Lipinski definition) is 6. The number of benzene rings is 2. The van der Waals surface area contributed by atoms with Crippen molar-refractivity contribution in [1.82, 2.24) is 14.9 Å². The number of carbonyl (C=O) groups excluding carboxylic acids is 1. The summed E-state index contributed by atoms with van der Waals surface area (Å²) >= 11 is 0. The van der Waals surface area contributed by atoms with Crippen molar-refractivity contribution in [3.63, 3.8) is 0 Å². The van der Waals surface area contributed by atoms with Crippen molar-refractivity contribution in [2.24, 2.45) is 0 Å². The van der Waals surface area contributed by atoms with E-state index in [1.807, 2.05) is 18.2 Å². The Hall–Kier alpha value is -3.45. The minimum Gasteiger partial charge on any atom is -0.494 e. The molecule has 0 unspecified atom stereocenters. The molecule has 7 nitrogen and oxygen atoms in total. The van der Waals surface area contributed by atoms with Crippen molar-refractivity contribution in [2.45, 2.75) is 26.7 Å². The van der Waals surface area contributed by atoms with E-state index in [0.29, 0.717) is 11.4 Å². The highest BCUT2D eigenvalue weighted by atomic mass is 16.5. The Morgan fingerprint density at radius 3 is 2.82 bits per heavy atom. The lowest BCUT2D eigenvalue weighted by atomic mass is 10.0. The zero-order valence-corrected chi connectivity index (χ0v) is 19.5. The van der Waals surface area contributed by atoms with E-state index < -0.39 is 0 Å². The number of carbonyl (C=O) groups is 1. The zero-order chi connectivity index (χ0) is 23.2. The van der Waals surface area contributed by atoms with E-state index in [1.54, 1.807) is 19.5 Å². The van der Waals surface area contributed by atoms with Crippen LogP contribution in [0.5, 0.6) is 5.75 Å². The standard InChI is InChI=1S/C26H31N5O2/c1-4-30(5-2)14-9-13-25(32)29-22-16-20-21(17-24(22)33-3)27-18-28-26(20)31-15-8-11-19-10-6-7-12-23(19)31/h6-7,9-10,12-13,16-18H,4-5,8,11,14-15H2,1-3H3,(H,29,32)/b13-9+. The van der Waals surface area contributed by atoms with Gasteiger partial charge in [-0.25, -0.2) is 9.97 Å².